The third kappa shape index (κ3) is 0.914. The standard InChI is InChI=1S/C8H11NO2/c10-8(11)9-5-1-2-6-3-4-7(6)9/h3-4,6-7H,1-2,5H2,(H,10,11)/t6-,7+/m1/s1. The van der Waals surface area contributed by atoms with Crippen LogP contribution in [-0.4, -0.2) is 28.7 Å². The van der Waals surface area contributed by atoms with Gasteiger partial charge in [0, 0.05) is 12.5 Å². The van der Waals surface area contributed by atoms with E-state index in [2.05, 4.69) is 6.08 Å². The lowest BCUT2D eigenvalue weighted by atomic mass is 9.81. The van der Waals surface area contributed by atoms with Gasteiger partial charge in [0.05, 0.1) is 6.04 Å². The van der Waals surface area contributed by atoms with Crippen molar-refractivity contribution in [2.45, 2.75) is 18.9 Å². The van der Waals surface area contributed by atoms with Gasteiger partial charge in [-0.2, -0.15) is 0 Å². The number of carbonyl (C=O) groups is 1. The van der Waals surface area contributed by atoms with Gasteiger partial charge < -0.3 is 10.0 Å². The van der Waals surface area contributed by atoms with Gasteiger partial charge in [-0.3, -0.25) is 0 Å². The van der Waals surface area contributed by atoms with Crippen LogP contribution < -0.4 is 0 Å². The van der Waals surface area contributed by atoms with Crippen molar-refractivity contribution in [3.05, 3.63) is 12.2 Å². The van der Waals surface area contributed by atoms with Gasteiger partial charge >= 0.3 is 6.09 Å². The number of carboxylic acid groups (broad SMARTS) is 1. The van der Waals surface area contributed by atoms with Crippen molar-refractivity contribution in [3.63, 3.8) is 0 Å². The maximum atomic E-state index is 10.6. The highest BCUT2D eigenvalue weighted by atomic mass is 16.4. The van der Waals surface area contributed by atoms with Crippen LogP contribution in [0.3, 0.4) is 0 Å². The number of fused-ring (bicyclic) bond motifs is 1. The average Bonchev–Trinajstić information content (AvgIpc) is 1.90. The lowest BCUT2D eigenvalue weighted by Crippen LogP contribution is -2.49. The summed E-state index contributed by atoms with van der Waals surface area (Å²) in [6.07, 6.45) is 5.49. The van der Waals surface area contributed by atoms with Crippen LogP contribution in [0.25, 0.3) is 0 Å². The third-order valence-corrected chi connectivity index (χ3v) is 2.54. The first-order valence-electron chi connectivity index (χ1n) is 3.97. The number of piperidine rings is 1. The van der Waals surface area contributed by atoms with E-state index in [0.29, 0.717) is 12.5 Å². The van der Waals surface area contributed by atoms with E-state index in [0.717, 1.165) is 12.8 Å². The van der Waals surface area contributed by atoms with Crippen molar-refractivity contribution < 1.29 is 9.90 Å². The van der Waals surface area contributed by atoms with E-state index < -0.39 is 6.09 Å². The molecule has 1 N–H and O–H groups in total. The van der Waals surface area contributed by atoms with Gasteiger partial charge in [0.1, 0.15) is 0 Å². The van der Waals surface area contributed by atoms with Crippen LogP contribution in [0.1, 0.15) is 12.8 Å². The maximum absolute atomic E-state index is 10.6. The second kappa shape index (κ2) is 2.26. The summed E-state index contributed by atoms with van der Waals surface area (Å²) in [6.45, 7) is 0.709. The molecule has 0 bridgehead atoms. The van der Waals surface area contributed by atoms with Gasteiger partial charge in [0.15, 0.2) is 0 Å². The Morgan fingerprint density at radius 1 is 1.55 bits per heavy atom. The fourth-order valence-electron chi connectivity index (χ4n) is 1.84. The summed E-state index contributed by atoms with van der Waals surface area (Å²) >= 11 is 0. The third-order valence-electron chi connectivity index (χ3n) is 2.54. The molecule has 2 rings (SSSR count). The molecule has 0 saturated carbocycles. The monoisotopic (exact) mass is 153 g/mol. The molecule has 60 valence electrons. The van der Waals surface area contributed by atoms with Gasteiger partial charge in [-0.25, -0.2) is 4.79 Å². The predicted octanol–water partition coefficient (Wildman–Crippen LogP) is 1.31. The molecule has 0 spiro atoms. The van der Waals surface area contributed by atoms with Crippen LogP contribution in [0.5, 0.6) is 0 Å². The molecule has 0 aromatic heterocycles. The topological polar surface area (TPSA) is 40.5 Å². The van der Waals surface area contributed by atoms with Crippen LogP contribution >= 0.6 is 0 Å². The summed E-state index contributed by atoms with van der Waals surface area (Å²) in [5.74, 6) is 0.514. The molecule has 1 saturated heterocycles. The molecule has 1 amide bonds. The highest BCUT2D eigenvalue weighted by Gasteiger charge is 2.35. The molecule has 1 aliphatic carbocycles. The number of rotatable bonds is 0. The fraction of sp³-hybridized carbons (Fsp3) is 0.625. The fourth-order valence-corrected chi connectivity index (χ4v) is 1.84. The van der Waals surface area contributed by atoms with Crippen molar-refractivity contribution in [2.24, 2.45) is 5.92 Å². The summed E-state index contributed by atoms with van der Waals surface area (Å²) in [6, 6.07) is 0.196. The van der Waals surface area contributed by atoms with Crippen molar-refractivity contribution >= 4 is 6.09 Å². The minimum Gasteiger partial charge on any atom is -0.465 e. The van der Waals surface area contributed by atoms with Gasteiger partial charge in [0.25, 0.3) is 0 Å². The molecule has 0 aromatic rings. The highest BCUT2D eigenvalue weighted by molar-refractivity contribution is 5.66. The number of hydrogen-bond donors (Lipinski definition) is 1. The molecule has 1 fully saturated rings. The van der Waals surface area contributed by atoms with Gasteiger partial charge in [-0.1, -0.05) is 12.2 Å². The van der Waals surface area contributed by atoms with Gasteiger partial charge in [-0.15, -0.1) is 0 Å². The van der Waals surface area contributed by atoms with Crippen molar-refractivity contribution in [1.82, 2.24) is 4.90 Å². The Bertz CT molecular complexity index is 212. The van der Waals surface area contributed by atoms with E-state index in [1.165, 1.54) is 4.90 Å². The second-order valence-corrected chi connectivity index (χ2v) is 3.16. The molecule has 2 aliphatic rings. The van der Waals surface area contributed by atoms with E-state index in [-0.39, 0.29) is 6.04 Å². The normalized spacial score (nSPS) is 34.4. The quantitative estimate of drug-likeness (QED) is 0.533. The minimum absolute atomic E-state index is 0.196. The Morgan fingerprint density at radius 3 is 2.82 bits per heavy atom. The zero-order valence-corrected chi connectivity index (χ0v) is 6.23. The van der Waals surface area contributed by atoms with E-state index in [1.54, 1.807) is 0 Å². The molecule has 2 atom stereocenters. The Kier molecular flexibility index (Phi) is 1.37. The van der Waals surface area contributed by atoms with E-state index in [4.69, 9.17) is 5.11 Å². The molecular formula is C8H11NO2. The van der Waals surface area contributed by atoms with Crippen molar-refractivity contribution in [3.8, 4) is 0 Å². The Morgan fingerprint density at radius 2 is 2.36 bits per heavy atom. The molecule has 11 heavy (non-hydrogen) atoms. The number of likely N-dealkylation sites (tertiary alicyclic amines) is 1. The first-order valence-corrected chi connectivity index (χ1v) is 3.97. The van der Waals surface area contributed by atoms with Crippen LogP contribution in [0.15, 0.2) is 12.2 Å². The van der Waals surface area contributed by atoms with E-state index in [9.17, 15) is 4.79 Å². The molecule has 1 heterocycles. The largest absolute Gasteiger partial charge is 0.465 e. The molecule has 1 aliphatic heterocycles. The Labute approximate surface area is 65.3 Å². The summed E-state index contributed by atoms with van der Waals surface area (Å²) < 4.78 is 0. The predicted molar refractivity (Wildman–Crippen MR) is 40.4 cm³/mol. The highest BCUT2D eigenvalue weighted by Crippen LogP contribution is 2.32. The van der Waals surface area contributed by atoms with Crippen LogP contribution in [0, 0.1) is 5.92 Å². The maximum Gasteiger partial charge on any atom is 0.407 e. The second-order valence-electron chi connectivity index (χ2n) is 3.16. The molecule has 3 heteroatoms. The first-order chi connectivity index (χ1) is 5.29. The molecule has 0 radical (unpaired) electrons. The molecule has 0 aromatic carbocycles. The number of hydrogen-bond acceptors (Lipinski definition) is 1. The summed E-state index contributed by atoms with van der Waals surface area (Å²) in [7, 11) is 0. The van der Waals surface area contributed by atoms with E-state index >= 15 is 0 Å². The summed E-state index contributed by atoms with van der Waals surface area (Å²) in [4.78, 5) is 12.2. The van der Waals surface area contributed by atoms with Crippen LogP contribution in [-0.2, 0) is 0 Å². The van der Waals surface area contributed by atoms with Crippen molar-refractivity contribution in [1.29, 1.82) is 0 Å². The smallest absolute Gasteiger partial charge is 0.407 e. The SMILES string of the molecule is O=C(O)N1CCC[C@@H]2C=C[C@@H]21. The van der Waals surface area contributed by atoms with Gasteiger partial charge in [-0.05, 0) is 12.8 Å². The number of amides is 1. The number of nitrogens with zero attached hydrogens (tertiary/aromatic N) is 1. The zero-order chi connectivity index (χ0) is 7.84. The van der Waals surface area contributed by atoms with Crippen LogP contribution in [0.4, 0.5) is 4.79 Å². The Balaban J connectivity index is 2.10. The average molecular weight is 153 g/mol. The van der Waals surface area contributed by atoms with E-state index in [1.807, 2.05) is 6.08 Å². The summed E-state index contributed by atoms with van der Waals surface area (Å²) in [5, 5.41) is 8.75. The molecule has 0 unspecified atom stereocenters. The molecule has 3 nitrogen and oxygen atoms in total. The van der Waals surface area contributed by atoms with Crippen LogP contribution in [0.2, 0.25) is 0 Å². The van der Waals surface area contributed by atoms with Crippen molar-refractivity contribution in [2.75, 3.05) is 6.54 Å². The van der Waals surface area contributed by atoms with Gasteiger partial charge in [0.2, 0.25) is 0 Å². The zero-order valence-electron chi connectivity index (χ0n) is 6.23. The lowest BCUT2D eigenvalue weighted by Gasteiger charge is -2.41. The summed E-state index contributed by atoms with van der Waals surface area (Å²) in [5.41, 5.74) is 0. The Hall–Kier alpha value is -0.990. The molecular weight excluding hydrogens is 142 g/mol. The first kappa shape index (κ1) is 6.70. The lowest BCUT2D eigenvalue weighted by molar-refractivity contribution is 0.0982. The minimum atomic E-state index is -0.774.